The number of ether oxygens (including phenoxy) is 1. The first-order chi connectivity index (χ1) is 6.83. The zero-order valence-electron chi connectivity index (χ0n) is 8.74. The average molecular weight is 208 g/mol. The Labute approximate surface area is 85.8 Å². The molecule has 1 fully saturated rings. The van der Waals surface area contributed by atoms with Crippen molar-refractivity contribution < 1.29 is 9.84 Å². The first-order valence-corrected chi connectivity index (χ1v) is 4.83. The Balaban J connectivity index is 0. The third-order valence-corrected chi connectivity index (χ3v) is 1.14. The minimum absolute atomic E-state index is 0.0972. The lowest BCUT2D eigenvalue weighted by molar-refractivity contribution is 0.109. The fourth-order valence-electron chi connectivity index (χ4n) is 0.516. The van der Waals surface area contributed by atoms with Crippen LogP contribution in [-0.2, 0) is 4.74 Å². The molecule has 0 radical (unpaired) electrons. The van der Waals surface area contributed by atoms with Crippen LogP contribution in [0, 0.1) is 0 Å². The molecular weight excluding hydrogens is 184 g/mol. The summed E-state index contributed by atoms with van der Waals surface area (Å²) in [5, 5.41) is 10.9. The SMILES string of the molecule is C1COCCN1.NCCN.NCCO. The topological polar surface area (TPSA) is 120 Å². The molecule has 0 spiro atoms. The standard InChI is InChI=1S/C4H9NO.C2H8N2.C2H7NO/c1-3-6-4-2-5-1;2*3-1-2-4/h5H,1-4H2;1-4H2;4H,1-3H2. The van der Waals surface area contributed by atoms with Crippen molar-refractivity contribution in [2.75, 3.05) is 52.5 Å². The minimum Gasteiger partial charge on any atom is -0.395 e. The summed E-state index contributed by atoms with van der Waals surface area (Å²) in [4.78, 5) is 0. The summed E-state index contributed by atoms with van der Waals surface area (Å²) in [5.41, 5.74) is 14.6. The Morgan fingerprint density at radius 2 is 1.43 bits per heavy atom. The van der Waals surface area contributed by atoms with Gasteiger partial charge in [-0.1, -0.05) is 0 Å². The molecule has 1 heterocycles. The van der Waals surface area contributed by atoms with E-state index in [4.69, 9.17) is 27.0 Å². The van der Waals surface area contributed by atoms with Gasteiger partial charge in [-0.2, -0.15) is 0 Å². The molecule has 1 aliphatic heterocycles. The number of aliphatic hydroxyl groups is 1. The van der Waals surface area contributed by atoms with Gasteiger partial charge in [-0.15, -0.1) is 0 Å². The molecule has 1 aliphatic rings. The van der Waals surface area contributed by atoms with Gasteiger partial charge in [-0.25, -0.2) is 0 Å². The van der Waals surface area contributed by atoms with Crippen molar-refractivity contribution in [3.63, 3.8) is 0 Å². The number of aliphatic hydroxyl groups excluding tert-OH is 1. The van der Waals surface area contributed by atoms with Gasteiger partial charge >= 0.3 is 0 Å². The van der Waals surface area contributed by atoms with E-state index in [1.165, 1.54) is 0 Å². The van der Waals surface area contributed by atoms with Crippen molar-refractivity contribution in [3.8, 4) is 0 Å². The lowest BCUT2D eigenvalue weighted by Crippen LogP contribution is -2.30. The van der Waals surface area contributed by atoms with E-state index >= 15 is 0 Å². The number of rotatable bonds is 2. The molecule has 6 nitrogen and oxygen atoms in total. The maximum Gasteiger partial charge on any atom is 0.0591 e. The van der Waals surface area contributed by atoms with Crippen molar-refractivity contribution >= 4 is 0 Å². The molecule has 0 amide bonds. The van der Waals surface area contributed by atoms with Gasteiger partial charge in [0.15, 0.2) is 0 Å². The first kappa shape index (κ1) is 16.2. The number of hydrogen-bond acceptors (Lipinski definition) is 6. The molecule has 0 saturated carbocycles. The Hall–Kier alpha value is -0.240. The number of nitrogens with one attached hydrogen (secondary N) is 1. The van der Waals surface area contributed by atoms with E-state index in [9.17, 15) is 0 Å². The molecule has 1 rings (SSSR count). The Morgan fingerprint density at radius 1 is 1.00 bits per heavy atom. The van der Waals surface area contributed by atoms with Gasteiger partial charge in [0, 0.05) is 32.7 Å². The highest BCUT2D eigenvalue weighted by atomic mass is 16.5. The average Bonchev–Trinajstić information content (AvgIpc) is 2.32. The van der Waals surface area contributed by atoms with E-state index < -0.39 is 0 Å². The van der Waals surface area contributed by atoms with E-state index in [0.29, 0.717) is 19.6 Å². The van der Waals surface area contributed by atoms with Gasteiger partial charge in [0.25, 0.3) is 0 Å². The molecule has 0 bridgehead atoms. The number of nitrogens with two attached hydrogens (primary N) is 3. The quantitative estimate of drug-likeness (QED) is 0.341. The van der Waals surface area contributed by atoms with Crippen LogP contribution in [0.1, 0.15) is 0 Å². The van der Waals surface area contributed by atoms with Crippen molar-refractivity contribution in [2.45, 2.75) is 0 Å². The van der Waals surface area contributed by atoms with Crippen LogP contribution >= 0.6 is 0 Å². The second-order valence-electron chi connectivity index (χ2n) is 2.45. The molecule has 0 aromatic heterocycles. The molecule has 88 valence electrons. The summed E-state index contributed by atoms with van der Waals surface area (Å²) in [5.74, 6) is 0. The predicted octanol–water partition coefficient (Wildman–Crippen LogP) is -2.55. The summed E-state index contributed by atoms with van der Waals surface area (Å²) < 4.78 is 5.01. The first-order valence-electron chi connectivity index (χ1n) is 4.83. The van der Waals surface area contributed by atoms with E-state index in [1.54, 1.807) is 0 Å². The van der Waals surface area contributed by atoms with Crippen LogP contribution < -0.4 is 22.5 Å². The molecular formula is C8H24N4O2. The van der Waals surface area contributed by atoms with Crippen molar-refractivity contribution in [2.24, 2.45) is 17.2 Å². The zero-order valence-corrected chi connectivity index (χ0v) is 8.74. The van der Waals surface area contributed by atoms with Crippen LogP contribution in [0.3, 0.4) is 0 Å². The summed E-state index contributed by atoms with van der Waals surface area (Å²) in [6.07, 6.45) is 0. The van der Waals surface area contributed by atoms with Gasteiger partial charge in [0.05, 0.1) is 19.8 Å². The van der Waals surface area contributed by atoms with Crippen molar-refractivity contribution in [1.82, 2.24) is 5.32 Å². The van der Waals surface area contributed by atoms with Gasteiger partial charge in [0.1, 0.15) is 0 Å². The highest BCUT2D eigenvalue weighted by Crippen LogP contribution is 1.76. The minimum atomic E-state index is 0.0972. The van der Waals surface area contributed by atoms with Gasteiger partial charge in [0.2, 0.25) is 0 Å². The van der Waals surface area contributed by atoms with Crippen LogP contribution in [0.5, 0.6) is 0 Å². The normalized spacial score (nSPS) is 14.6. The van der Waals surface area contributed by atoms with E-state index in [1.807, 2.05) is 0 Å². The Morgan fingerprint density at radius 3 is 1.50 bits per heavy atom. The smallest absolute Gasteiger partial charge is 0.0591 e. The lowest BCUT2D eigenvalue weighted by Gasteiger charge is -2.10. The molecule has 0 atom stereocenters. The number of morpholine rings is 1. The van der Waals surface area contributed by atoms with Crippen LogP contribution in [0.4, 0.5) is 0 Å². The summed E-state index contributed by atoms with van der Waals surface area (Å²) in [7, 11) is 0. The second kappa shape index (κ2) is 18.5. The Kier molecular flexibility index (Phi) is 21.4. The molecule has 1 saturated heterocycles. The Bertz CT molecular complexity index is 62.2. The maximum absolute atomic E-state index is 7.75. The maximum atomic E-state index is 7.75. The molecule has 8 N–H and O–H groups in total. The van der Waals surface area contributed by atoms with Crippen LogP contribution in [-0.4, -0.2) is 57.7 Å². The molecule has 14 heavy (non-hydrogen) atoms. The third-order valence-electron chi connectivity index (χ3n) is 1.14. The van der Waals surface area contributed by atoms with Gasteiger partial charge in [-0.05, 0) is 0 Å². The second-order valence-corrected chi connectivity index (χ2v) is 2.45. The van der Waals surface area contributed by atoms with Crippen LogP contribution in [0.25, 0.3) is 0 Å². The van der Waals surface area contributed by atoms with Crippen molar-refractivity contribution in [3.05, 3.63) is 0 Å². The highest BCUT2D eigenvalue weighted by molar-refractivity contribution is 4.49. The molecule has 0 aromatic rings. The zero-order chi connectivity index (χ0) is 11.1. The van der Waals surface area contributed by atoms with Crippen LogP contribution in [0.2, 0.25) is 0 Å². The third kappa shape index (κ3) is 22.6. The van der Waals surface area contributed by atoms with Crippen molar-refractivity contribution in [1.29, 1.82) is 0 Å². The van der Waals surface area contributed by atoms with E-state index in [-0.39, 0.29) is 6.61 Å². The molecule has 0 aliphatic carbocycles. The fourth-order valence-corrected chi connectivity index (χ4v) is 0.516. The van der Waals surface area contributed by atoms with E-state index in [0.717, 1.165) is 26.3 Å². The summed E-state index contributed by atoms with van der Waals surface area (Å²) in [6.45, 7) is 5.50. The largest absolute Gasteiger partial charge is 0.395 e. The monoisotopic (exact) mass is 208 g/mol. The van der Waals surface area contributed by atoms with Gasteiger partial charge in [-0.3, -0.25) is 0 Å². The van der Waals surface area contributed by atoms with Gasteiger partial charge < -0.3 is 32.4 Å². The fraction of sp³-hybridized carbons (Fsp3) is 1.00. The molecule has 0 aromatic carbocycles. The summed E-state index contributed by atoms with van der Waals surface area (Å²) in [6, 6.07) is 0. The van der Waals surface area contributed by atoms with Crippen LogP contribution in [0.15, 0.2) is 0 Å². The summed E-state index contributed by atoms with van der Waals surface area (Å²) >= 11 is 0. The predicted molar refractivity (Wildman–Crippen MR) is 57.9 cm³/mol. The highest BCUT2D eigenvalue weighted by Gasteiger charge is 1.92. The molecule has 6 heteroatoms. The number of hydrogen-bond donors (Lipinski definition) is 5. The van der Waals surface area contributed by atoms with E-state index in [2.05, 4.69) is 5.32 Å². The lowest BCUT2D eigenvalue weighted by atomic mass is 10.5. The molecule has 0 unspecified atom stereocenters.